The maximum absolute atomic E-state index is 13.9. The minimum Gasteiger partial charge on any atom is -0.465 e. The van der Waals surface area contributed by atoms with Gasteiger partial charge < -0.3 is 9.47 Å². The number of halogens is 1. The first kappa shape index (κ1) is 26.0. The zero-order valence-corrected chi connectivity index (χ0v) is 21.9. The molecule has 0 saturated carbocycles. The van der Waals surface area contributed by atoms with Crippen LogP contribution in [0.3, 0.4) is 0 Å². The molecule has 0 saturated heterocycles. The first-order valence-electron chi connectivity index (χ1n) is 12.1. The van der Waals surface area contributed by atoms with Crippen molar-refractivity contribution in [2.24, 2.45) is 4.99 Å². The number of hydrogen-bond acceptors (Lipinski definition) is 7. The van der Waals surface area contributed by atoms with Crippen LogP contribution >= 0.6 is 11.3 Å². The largest absolute Gasteiger partial charge is 0.465 e. The molecule has 1 atom stereocenters. The van der Waals surface area contributed by atoms with Crippen molar-refractivity contribution in [3.63, 3.8) is 0 Å². The standard InChI is InChI=1S/C30H23FN2O5S/c1-3-38-29(36)24-25(19-7-5-4-6-8-19)32-30-33(26(24)20-13-15-22(31)16-14-20)27(34)23(39-30)17-18-9-11-21(12-10-18)28(35)37-2/h4-17,26H,3H2,1-2H3/b23-17-/t26-/m0/s1. The van der Waals surface area contributed by atoms with Crippen LogP contribution in [0, 0.1) is 5.82 Å². The predicted molar refractivity (Wildman–Crippen MR) is 145 cm³/mol. The number of ether oxygens (including phenoxy) is 2. The summed E-state index contributed by atoms with van der Waals surface area (Å²) in [5.41, 5.74) is 2.52. The molecule has 0 N–H and O–H groups in total. The molecule has 0 spiro atoms. The summed E-state index contributed by atoms with van der Waals surface area (Å²) in [6.07, 6.45) is 1.70. The van der Waals surface area contributed by atoms with Crippen LogP contribution in [0.2, 0.25) is 0 Å². The van der Waals surface area contributed by atoms with Crippen molar-refractivity contribution < 1.29 is 23.5 Å². The molecule has 0 aliphatic carbocycles. The van der Waals surface area contributed by atoms with Gasteiger partial charge in [0.25, 0.3) is 5.56 Å². The Labute approximate surface area is 226 Å². The zero-order valence-electron chi connectivity index (χ0n) is 21.1. The molecule has 3 aromatic carbocycles. The van der Waals surface area contributed by atoms with Gasteiger partial charge in [-0.15, -0.1) is 0 Å². The van der Waals surface area contributed by atoms with E-state index in [1.165, 1.54) is 35.1 Å². The van der Waals surface area contributed by atoms with Crippen LogP contribution in [-0.2, 0) is 14.3 Å². The fraction of sp³-hybridized carbons (Fsp3) is 0.133. The number of rotatable bonds is 6. The fourth-order valence-corrected chi connectivity index (χ4v) is 5.39. The summed E-state index contributed by atoms with van der Waals surface area (Å²) in [6, 6.07) is 20.6. The highest BCUT2D eigenvalue weighted by Gasteiger charge is 2.35. The molecule has 39 heavy (non-hydrogen) atoms. The first-order valence-corrected chi connectivity index (χ1v) is 12.9. The number of nitrogens with zero attached hydrogens (tertiary/aromatic N) is 2. The highest BCUT2D eigenvalue weighted by molar-refractivity contribution is 7.07. The number of carbonyl (C=O) groups is 2. The quantitative estimate of drug-likeness (QED) is 0.346. The third-order valence-electron chi connectivity index (χ3n) is 6.19. The average molecular weight is 543 g/mol. The summed E-state index contributed by atoms with van der Waals surface area (Å²) in [5, 5.41) is 0. The predicted octanol–water partition coefficient (Wildman–Crippen LogP) is 3.86. The summed E-state index contributed by atoms with van der Waals surface area (Å²) >= 11 is 1.18. The Kier molecular flexibility index (Phi) is 7.33. The van der Waals surface area contributed by atoms with Crippen molar-refractivity contribution in [3.8, 4) is 0 Å². The summed E-state index contributed by atoms with van der Waals surface area (Å²) in [5.74, 6) is -1.51. The Morgan fingerprint density at radius 3 is 2.33 bits per heavy atom. The number of aromatic nitrogens is 1. The van der Waals surface area contributed by atoms with E-state index in [1.54, 1.807) is 49.4 Å². The molecule has 5 rings (SSSR count). The van der Waals surface area contributed by atoms with Gasteiger partial charge in [-0.25, -0.2) is 19.0 Å². The highest BCUT2D eigenvalue weighted by Crippen LogP contribution is 2.35. The molecule has 1 aliphatic heterocycles. The zero-order chi connectivity index (χ0) is 27.5. The van der Waals surface area contributed by atoms with E-state index in [-0.39, 0.29) is 17.7 Å². The van der Waals surface area contributed by atoms with Crippen LogP contribution in [0.25, 0.3) is 11.8 Å². The van der Waals surface area contributed by atoms with E-state index in [0.717, 1.165) is 0 Å². The molecule has 0 unspecified atom stereocenters. The van der Waals surface area contributed by atoms with Crippen LogP contribution in [-0.4, -0.2) is 30.2 Å². The minimum absolute atomic E-state index is 0.131. The van der Waals surface area contributed by atoms with Gasteiger partial charge in [0.05, 0.1) is 41.1 Å². The third-order valence-corrected chi connectivity index (χ3v) is 7.17. The summed E-state index contributed by atoms with van der Waals surface area (Å²) in [6.45, 7) is 1.83. The molecule has 0 fully saturated rings. The van der Waals surface area contributed by atoms with E-state index < -0.39 is 23.8 Å². The van der Waals surface area contributed by atoms with Crippen molar-refractivity contribution >= 4 is 35.0 Å². The van der Waals surface area contributed by atoms with Crippen LogP contribution in [0.15, 0.2) is 94.2 Å². The number of methoxy groups -OCH3 is 1. The molecule has 9 heteroatoms. The molecule has 1 aliphatic rings. The lowest BCUT2D eigenvalue weighted by molar-refractivity contribution is -0.138. The Bertz CT molecular complexity index is 1760. The summed E-state index contributed by atoms with van der Waals surface area (Å²) < 4.78 is 25.9. The number of benzene rings is 3. The Hall–Kier alpha value is -4.63. The lowest BCUT2D eigenvalue weighted by Gasteiger charge is -2.25. The van der Waals surface area contributed by atoms with Crippen LogP contribution in [0.4, 0.5) is 4.39 Å². The van der Waals surface area contributed by atoms with Crippen molar-refractivity contribution in [1.29, 1.82) is 0 Å². The molecule has 196 valence electrons. The van der Waals surface area contributed by atoms with E-state index in [4.69, 9.17) is 14.5 Å². The van der Waals surface area contributed by atoms with Gasteiger partial charge in [0, 0.05) is 5.56 Å². The fourth-order valence-electron chi connectivity index (χ4n) is 4.39. The van der Waals surface area contributed by atoms with Gasteiger partial charge in [-0.3, -0.25) is 9.36 Å². The number of esters is 2. The average Bonchev–Trinajstić information content (AvgIpc) is 3.27. The maximum Gasteiger partial charge on any atom is 0.338 e. The first-order chi connectivity index (χ1) is 18.9. The molecule has 7 nitrogen and oxygen atoms in total. The SMILES string of the molecule is CCOC(=O)C1=C(c2ccccc2)N=c2s/c(=C\c3ccc(C(=O)OC)cc3)c(=O)n2[C@H]1c1ccc(F)cc1. The topological polar surface area (TPSA) is 87.0 Å². The number of fused-ring (bicyclic) bond motifs is 1. The molecular formula is C30H23FN2O5S. The Morgan fingerprint density at radius 1 is 1.00 bits per heavy atom. The Balaban J connectivity index is 1.76. The second-order valence-corrected chi connectivity index (χ2v) is 9.61. The molecule has 0 radical (unpaired) electrons. The lowest BCUT2D eigenvalue weighted by Crippen LogP contribution is -2.40. The molecule has 1 aromatic heterocycles. The lowest BCUT2D eigenvalue weighted by atomic mass is 9.93. The number of carbonyl (C=O) groups excluding carboxylic acids is 2. The molecular weight excluding hydrogens is 519 g/mol. The normalized spacial score (nSPS) is 14.9. The molecule has 4 aromatic rings. The van der Waals surface area contributed by atoms with E-state index in [9.17, 15) is 18.8 Å². The van der Waals surface area contributed by atoms with Gasteiger partial charge in [0.1, 0.15) is 5.82 Å². The van der Waals surface area contributed by atoms with Crippen molar-refractivity contribution in [1.82, 2.24) is 4.57 Å². The molecule has 0 amide bonds. The van der Waals surface area contributed by atoms with Crippen LogP contribution < -0.4 is 14.9 Å². The monoisotopic (exact) mass is 542 g/mol. The number of hydrogen-bond donors (Lipinski definition) is 0. The summed E-state index contributed by atoms with van der Waals surface area (Å²) in [4.78, 5) is 44.1. The van der Waals surface area contributed by atoms with E-state index >= 15 is 0 Å². The van der Waals surface area contributed by atoms with Gasteiger partial charge in [-0.1, -0.05) is 65.9 Å². The van der Waals surface area contributed by atoms with Crippen LogP contribution in [0.5, 0.6) is 0 Å². The highest BCUT2D eigenvalue weighted by atomic mass is 32.1. The van der Waals surface area contributed by atoms with E-state index in [1.807, 2.05) is 30.3 Å². The number of thiazole rings is 1. The molecule has 2 heterocycles. The van der Waals surface area contributed by atoms with E-state index in [0.29, 0.717) is 37.3 Å². The van der Waals surface area contributed by atoms with Crippen molar-refractivity contribution in [2.45, 2.75) is 13.0 Å². The van der Waals surface area contributed by atoms with Gasteiger partial charge in [-0.2, -0.15) is 0 Å². The second-order valence-electron chi connectivity index (χ2n) is 8.60. The minimum atomic E-state index is -0.889. The van der Waals surface area contributed by atoms with Gasteiger partial charge >= 0.3 is 11.9 Å². The maximum atomic E-state index is 13.9. The van der Waals surface area contributed by atoms with Gasteiger partial charge in [0.2, 0.25) is 0 Å². The van der Waals surface area contributed by atoms with E-state index in [2.05, 4.69) is 0 Å². The van der Waals surface area contributed by atoms with Crippen molar-refractivity contribution in [3.05, 3.63) is 132 Å². The smallest absolute Gasteiger partial charge is 0.338 e. The van der Waals surface area contributed by atoms with Crippen molar-refractivity contribution in [2.75, 3.05) is 13.7 Å². The van der Waals surface area contributed by atoms with Gasteiger partial charge in [-0.05, 0) is 48.4 Å². The van der Waals surface area contributed by atoms with Gasteiger partial charge in [0.15, 0.2) is 4.80 Å². The summed E-state index contributed by atoms with van der Waals surface area (Å²) in [7, 11) is 1.31. The second kappa shape index (κ2) is 11.0. The third kappa shape index (κ3) is 5.08. The molecule has 0 bridgehead atoms. The Morgan fingerprint density at radius 2 is 1.69 bits per heavy atom. The van der Waals surface area contributed by atoms with Crippen LogP contribution in [0.1, 0.15) is 40.0 Å².